The van der Waals surface area contributed by atoms with Gasteiger partial charge < -0.3 is 10.0 Å². The van der Waals surface area contributed by atoms with Crippen LogP contribution in [0.2, 0.25) is 0 Å². The van der Waals surface area contributed by atoms with Gasteiger partial charge in [-0.3, -0.25) is 0 Å². The third-order valence-corrected chi connectivity index (χ3v) is 2.20. The van der Waals surface area contributed by atoms with Crippen molar-refractivity contribution in [3.63, 3.8) is 0 Å². The highest BCUT2D eigenvalue weighted by Gasteiger charge is 2.14. The summed E-state index contributed by atoms with van der Waals surface area (Å²) < 4.78 is 0. The van der Waals surface area contributed by atoms with Gasteiger partial charge in [0.05, 0.1) is 6.10 Å². The van der Waals surface area contributed by atoms with Crippen molar-refractivity contribution in [2.45, 2.75) is 31.8 Å². The normalized spacial score (nSPS) is 22.4. The molecule has 0 amide bonds. The van der Waals surface area contributed by atoms with Crippen LogP contribution in [0.5, 0.6) is 0 Å². The Bertz CT molecular complexity index is 99.7. The Kier molecular flexibility index (Phi) is 3.87. The van der Waals surface area contributed by atoms with Crippen molar-refractivity contribution in [1.29, 1.82) is 0 Å². The Labute approximate surface area is 69.2 Å². The standard InChI is InChI=1S/C9H18NO/c1-2-5-9(11)8-10-6-3-4-7-10/h9,11H,1-8H2. The largest absolute Gasteiger partial charge is 0.392 e. The van der Waals surface area contributed by atoms with E-state index in [-0.39, 0.29) is 6.10 Å². The molecule has 2 nitrogen and oxygen atoms in total. The van der Waals surface area contributed by atoms with Gasteiger partial charge in [-0.25, -0.2) is 0 Å². The predicted molar refractivity (Wildman–Crippen MR) is 46.3 cm³/mol. The first kappa shape index (κ1) is 9.01. The van der Waals surface area contributed by atoms with Gasteiger partial charge in [-0.05, 0) is 32.4 Å². The summed E-state index contributed by atoms with van der Waals surface area (Å²) in [6, 6.07) is 0. The third-order valence-electron chi connectivity index (χ3n) is 2.20. The van der Waals surface area contributed by atoms with Gasteiger partial charge in [0.15, 0.2) is 0 Å². The predicted octanol–water partition coefficient (Wildman–Crippen LogP) is 1.06. The van der Waals surface area contributed by atoms with Gasteiger partial charge in [0.1, 0.15) is 0 Å². The van der Waals surface area contributed by atoms with Gasteiger partial charge in [-0.1, -0.05) is 13.3 Å². The highest BCUT2D eigenvalue weighted by Crippen LogP contribution is 2.09. The van der Waals surface area contributed by atoms with Crippen LogP contribution in [0.25, 0.3) is 0 Å². The van der Waals surface area contributed by atoms with Gasteiger partial charge in [0.2, 0.25) is 0 Å². The average Bonchev–Trinajstić information content (AvgIpc) is 2.40. The Balaban J connectivity index is 2.08. The first-order valence-corrected chi connectivity index (χ1v) is 4.52. The molecule has 1 unspecified atom stereocenters. The van der Waals surface area contributed by atoms with E-state index in [2.05, 4.69) is 11.8 Å². The van der Waals surface area contributed by atoms with Crippen LogP contribution in [0.1, 0.15) is 25.7 Å². The second-order valence-corrected chi connectivity index (χ2v) is 3.30. The van der Waals surface area contributed by atoms with Crippen LogP contribution in [0.15, 0.2) is 0 Å². The van der Waals surface area contributed by atoms with Crippen LogP contribution in [0, 0.1) is 6.92 Å². The van der Waals surface area contributed by atoms with Crippen LogP contribution >= 0.6 is 0 Å². The van der Waals surface area contributed by atoms with E-state index < -0.39 is 0 Å². The van der Waals surface area contributed by atoms with E-state index in [1.54, 1.807) is 0 Å². The number of rotatable bonds is 4. The van der Waals surface area contributed by atoms with E-state index in [1.165, 1.54) is 25.9 Å². The fraction of sp³-hybridized carbons (Fsp3) is 0.889. The maximum Gasteiger partial charge on any atom is 0.0667 e. The fourth-order valence-corrected chi connectivity index (χ4v) is 1.59. The molecule has 0 aromatic carbocycles. The molecule has 1 aliphatic rings. The molecular weight excluding hydrogens is 138 g/mol. The number of hydrogen-bond donors (Lipinski definition) is 1. The van der Waals surface area contributed by atoms with Crippen LogP contribution in [-0.2, 0) is 0 Å². The molecule has 1 saturated heterocycles. The average molecular weight is 156 g/mol. The van der Waals surface area contributed by atoms with Gasteiger partial charge in [-0.15, -0.1) is 0 Å². The molecule has 1 N–H and O–H groups in total. The number of hydrogen-bond acceptors (Lipinski definition) is 2. The Morgan fingerprint density at radius 1 is 1.36 bits per heavy atom. The second kappa shape index (κ2) is 4.73. The van der Waals surface area contributed by atoms with E-state index >= 15 is 0 Å². The zero-order chi connectivity index (χ0) is 8.10. The molecule has 1 fully saturated rings. The summed E-state index contributed by atoms with van der Waals surface area (Å²) in [5, 5.41) is 9.43. The summed E-state index contributed by atoms with van der Waals surface area (Å²) in [6.07, 6.45) is 4.14. The molecule has 1 aliphatic heterocycles. The summed E-state index contributed by atoms with van der Waals surface area (Å²) >= 11 is 0. The molecule has 65 valence electrons. The van der Waals surface area contributed by atoms with E-state index in [0.29, 0.717) is 0 Å². The summed E-state index contributed by atoms with van der Waals surface area (Å²) in [4.78, 5) is 2.33. The van der Waals surface area contributed by atoms with Gasteiger partial charge in [0.25, 0.3) is 0 Å². The molecule has 1 radical (unpaired) electrons. The number of aliphatic hydroxyl groups excluding tert-OH is 1. The maximum absolute atomic E-state index is 9.43. The molecule has 0 aromatic heterocycles. The van der Waals surface area contributed by atoms with Crippen molar-refractivity contribution in [2.24, 2.45) is 0 Å². The molecule has 1 rings (SSSR count). The second-order valence-electron chi connectivity index (χ2n) is 3.30. The summed E-state index contributed by atoms with van der Waals surface area (Å²) in [7, 11) is 0. The molecule has 0 aromatic rings. The number of likely N-dealkylation sites (tertiary alicyclic amines) is 1. The molecule has 11 heavy (non-hydrogen) atoms. The molecule has 0 bridgehead atoms. The van der Waals surface area contributed by atoms with Crippen LogP contribution in [0.3, 0.4) is 0 Å². The van der Waals surface area contributed by atoms with Gasteiger partial charge >= 0.3 is 0 Å². The first-order valence-electron chi connectivity index (χ1n) is 4.52. The molecule has 1 atom stereocenters. The zero-order valence-electron chi connectivity index (χ0n) is 7.13. The molecular formula is C9H18NO. The number of aliphatic hydroxyl groups is 1. The molecule has 0 spiro atoms. The maximum atomic E-state index is 9.43. The highest BCUT2D eigenvalue weighted by atomic mass is 16.3. The SMILES string of the molecule is [CH2]CCC(O)CN1CCCC1. The minimum Gasteiger partial charge on any atom is -0.392 e. The Hall–Kier alpha value is -0.0800. The van der Waals surface area contributed by atoms with Gasteiger partial charge in [0, 0.05) is 6.54 Å². The molecule has 1 heterocycles. The lowest BCUT2D eigenvalue weighted by Crippen LogP contribution is -2.29. The van der Waals surface area contributed by atoms with Crippen molar-refractivity contribution < 1.29 is 5.11 Å². The summed E-state index contributed by atoms with van der Waals surface area (Å²) in [5.41, 5.74) is 0. The quantitative estimate of drug-likeness (QED) is 0.658. The minimum atomic E-state index is -0.148. The minimum absolute atomic E-state index is 0.148. The first-order chi connectivity index (χ1) is 5.33. The Morgan fingerprint density at radius 3 is 2.55 bits per heavy atom. The smallest absolute Gasteiger partial charge is 0.0667 e. The van der Waals surface area contributed by atoms with Crippen molar-refractivity contribution >= 4 is 0 Å². The fourth-order valence-electron chi connectivity index (χ4n) is 1.59. The monoisotopic (exact) mass is 156 g/mol. The summed E-state index contributed by atoms with van der Waals surface area (Å²) in [5.74, 6) is 0. The van der Waals surface area contributed by atoms with Crippen molar-refractivity contribution in [2.75, 3.05) is 19.6 Å². The Morgan fingerprint density at radius 2 is 2.00 bits per heavy atom. The van der Waals surface area contributed by atoms with Crippen LogP contribution in [0.4, 0.5) is 0 Å². The van der Waals surface area contributed by atoms with Crippen molar-refractivity contribution in [3.05, 3.63) is 6.92 Å². The van der Waals surface area contributed by atoms with Crippen LogP contribution in [-0.4, -0.2) is 35.7 Å². The van der Waals surface area contributed by atoms with E-state index in [0.717, 1.165) is 19.4 Å². The lowest BCUT2D eigenvalue weighted by Gasteiger charge is -2.18. The van der Waals surface area contributed by atoms with Crippen LogP contribution < -0.4 is 0 Å². The van der Waals surface area contributed by atoms with Crippen molar-refractivity contribution in [3.8, 4) is 0 Å². The summed E-state index contributed by atoms with van der Waals surface area (Å²) in [6.45, 7) is 6.93. The lowest BCUT2D eigenvalue weighted by molar-refractivity contribution is 0.118. The number of nitrogens with zero attached hydrogens (tertiary/aromatic N) is 1. The highest BCUT2D eigenvalue weighted by molar-refractivity contribution is 4.70. The van der Waals surface area contributed by atoms with E-state index in [9.17, 15) is 5.11 Å². The molecule has 2 heteroatoms. The third kappa shape index (κ3) is 3.21. The molecule has 0 aliphatic carbocycles. The van der Waals surface area contributed by atoms with E-state index in [1.807, 2.05) is 0 Å². The number of β-amino-alcohol motifs (C(OH)–C–C–N with tert-alkyl or cyclic N) is 1. The topological polar surface area (TPSA) is 23.5 Å². The zero-order valence-corrected chi connectivity index (χ0v) is 7.13. The van der Waals surface area contributed by atoms with Gasteiger partial charge in [-0.2, -0.15) is 0 Å². The molecule has 0 saturated carbocycles. The van der Waals surface area contributed by atoms with E-state index in [4.69, 9.17) is 0 Å². The van der Waals surface area contributed by atoms with Crippen molar-refractivity contribution in [1.82, 2.24) is 4.90 Å². The lowest BCUT2D eigenvalue weighted by atomic mass is 10.2.